The Hall–Kier alpha value is -2.17. The van der Waals surface area contributed by atoms with Crippen molar-refractivity contribution in [1.29, 1.82) is 0 Å². The van der Waals surface area contributed by atoms with E-state index < -0.39 is 12.1 Å². The molecule has 136 valence electrons. The largest absolute Gasteiger partial charge is 0.449 e. The highest BCUT2D eigenvalue weighted by Crippen LogP contribution is 2.29. The van der Waals surface area contributed by atoms with Gasteiger partial charge in [0.15, 0.2) is 6.10 Å². The van der Waals surface area contributed by atoms with Crippen LogP contribution in [-0.4, -0.2) is 24.0 Å². The maximum Gasteiger partial charge on any atom is 0.331 e. The molecule has 4 atom stereocenters. The summed E-state index contributed by atoms with van der Waals surface area (Å²) in [7, 11) is 0. The molecule has 0 heterocycles. The van der Waals surface area contributed by atoms with Crippen LogP contribution in [0.5, 0.6) is 0 Å². The second-order valence-electron chi connectivity index (χ2n) is 6.85. The fraction of sp³-hybridized carbons (Fsp3) is 0.500. The molecule has 2 rings (SSSR count). The van der Waals surface area contributed by atoms with Crippen molar-refractivity contribution in [1.82, 2.24) is 5.32 Å². The first-order chi connectivity index (χ1) is 11.9. The topological polar surface area (TPSA) is 55.4 Å². The van der Waals surface area contributed by atoms with Gasteiger partial charge >= 0.3 is 5.97 Å². The standard InChI is InChI=1S/C20H26FNO3/c1-13-6-4-9-18(14(13)2)22-20(24)15(3)25-19(23)11-10-16-7-5-8-17(21)12-16/h5,7-8,10-15,18H,4,6,9H2,1-3H3,(H,22,24)/b11-10+/t13-,14-,15-,18+/m1/s1. The van der Waals surface area contributed by atoms with Crippen molar-refractivity contribution in [2.75, 3.05) is 0 Å². The van der Waals surface area contributed by atoms with E-state index >= 15 is 0 Å². The Kier molecular flexibility index (Phi) is 6.73. The number of ether oxygens (including phenoxy) is 1. The van der Waals surface area contributed by atoms with Crippen LogP contribution in [-0.2, 0) is 14.3 Å². The Balaban J connectivity index is 1.84. The molecule has 0 spiro atoms. The first-order valence-corrected chi connectivity index (χ1v) is 8.81. The molecular formula is C20H26FNO3. The normalized spacial score (nSPS) is 24.7. The lowest BCUT2D eigenvalue weighted by atomic mass is 9.78. The van der Waals surface area contributed by atoms with Crippen LogP contribution in [0.3, 0.4) is 0 Å². The Bertz CT molecular complexity index is 644. The van der Waals surface area contributed by atoms with Crippen molar-refractivity contribution in [3.8, 4) is 0 Å². The van der Waals surface area contributed by atoms with Gasteiger partial charge in [0.25, 0.3) is 5.91 Å². The van der Waals surface area contributed by atoms with Gasteiger partial charge in [-0.2, -0.15) is 0 Å². The Morgan fingerprint density at radius 1 is 1.32 bits per heavy atom. The molecule has 1 saturated carbocycles. The number of carbonyl (C=O) groups is 2. The molecule has 5 heteroatoms. The molecule has 0 aromatic heterocycles. The zero-order valence-electron chi connectivity index (χ0n) is 15.0. The molecule has 0 unspecified atom stereocenters. The van der Waals surface area contributed by atoms with Crippen LogP contribution in [0.25, 0.3) is 6.08 Å². The molecular weight excluding hydrogens is 321 g/mol. The Morgan fingerprint density at radius 3 is 2.80 bits per heavy atom. The molecule has 1 aromatic rings. The number of halogens is 1. The molecule has 1 aromatic carbocycles. The summed E-state index contributed by atoms with van der Waals surface area (Å²) in [4.78, 5) is 24.1. The van der Waals surface area contributed by atoms with E-state index in [1.54, 1.807) is 19.1 Å². The predicted octanol–water partition coefficient (Wildman–Crippen LogP) is 3.71. The van der Waals surface area contributed by atoms with Gasteiger partial charge in [0, 0.05) is 12.1 Å². The number of hydrogen-bond donors (Lipinski definition) is 1. The van der Waals surface area contributed by atoms with Crippen molar-refractivity contribution < 1.29 is 18.7 Å². The van der Waals surface area contributed by atoms with Gasteiger partial charge in [-0.25, -0.2) is 9.18 Å². The Morgan fingerprint density at radius 2 is 2.08 bits per heavy atom. The highest BCUT2D eigenvalue weighted by Gasteiger charge is 2.29. The van der Waals surface area contributed by atoms with Gasteiger partial charge < -0.3 is 10.1 Å². The number of amides is 1. The van der Waals surface area contributed by atoms with Crippen molar-refractivity contribution >= 4 is 18.0 Å². The monoisotopic (exact) mass is 347 g/mol. The first-order valence-electron chi connectivity index (χ1n) is 8.81. The number of esters is 1. The van der Waals surface area contributed by atoms with Crippen LogP contribution in [0.15, 0.2) is 30.3 Å². The van der Waals surface area contributed by atoms with E-state index in [0.717, 1.165) is 12.8 Å². The van der Waals surface area contributed by atoms with Gasteiger partial charge in [-0.15, -0.1) is 0 Å². The molecule has 1 aliphatic rings. The summed E-state index contributed by atoms with van der Waals surface area (Å²) in [5.41, 5.74) is 0.555. The lowest BCUT2D eigenvalue weighted by Gasteiger charge is -2.35. The van der Waals surface area contributed by atoms with Crippen molar-refractivity contribution in [3.63, 3.8) is 0 Å². The van der Waals surface area contributed by atoms with Crippen LogP contribution in [0.4, 0.5) is 4.39 Å². The summed E-state index contributed by atoms with van der Waals surface area (Å²) < 4.78 is 18.2. The van der Waals surface area contributed by atoms with Crippen LogP contribution < -0.4 is 5.32 Å². The van der Waals surface area contributed by atoms with Crippen molar-refractivity contribution in [3.05, 3.63) is 41.7 Å². The smallest absolute Gasteiger partial charge is 0.331 e. The maximum absolute atomic E-state index is 13.1. The fourth-order valence-electron chi connectivity index (χ4n) is 3.13. The molecule has 4 nitrogen and oxygen atoms in total. The minimum Gasteiger partial charge on any atom is -0.449 e. The summed E-state index contributed by atoms with van der Waals surface area (Å²) in [5, 5.41) is 3.00. The van der Waals surface area contributed by atoms with E-state index in [4.69, 9.17) is 4.74 Å². The van der Waals surface area contributed by atoms with Crippen molar-refractivity contribution in [2.24, 2.45) is 11.8 Å². The number of carbonyl (C=O) groups excluding carboxylic acids is 2. The third kappa shape index (κ3) is 5.69. The molecule has 1 N–H and O–H groups in total. The van der Waals surface area contributed by atoms with E-state index in [9.17, 15) is 14.0 Å². The lowest BCUT2D eigenvalue weighted by Crippen LogP contribution is -2.47. The molecule has 1 fully saturated rings. The van der Waals surface area contributed by atoms with Crippen molar-refractivity contribution in [2.45, 2.75) is 52.2 Å². The van der Waals surface area contributed by atoms with Gasteiger partial charge in [-0.3, -0.25) is 4.79 Å². The zero-order chi connectivity index (χ0) is 18.4. The lowest BCUT2D eigenvalue weighted by molar-refractivity contribution is -0.150. The minimum atomic E-state index is -0.867. The summed E-state index contributed by atoms with van der Waals surface area (Å²) in [6.45, 7) is 5.90. The SMILES string of the molecule is C[C@@H]1[C@H](C)CCC[C@@H]1NC(=O)[C@@H](C)OC(=O)/C=C/c1cccc(F)c1. The molecule has 1 aliphatic carbocycles. The Labute approximate surface area is 148 Å². The summed E-state index contributed by atoms with van der Waals surface area (Å²) in [5.74, 6) is -0.297. The van der Waals surface area contributed by atoms with E-state index in [0.29, 0.717) is 17.4 Å². The number of nitrogens with one attached hydrogen (secondary N) is 1. The average molecular weight is 347 g/mol. The summed E-state index contributed by atoms with van der Waals surface area (Å²) >= 11 is 0. The third-order valence-corrected chi connectivity index (χ3v) is 4.96. The molecule has 0 aliphatic heterocycles. The second-order valence-corrected chi connectivity index (χ2v) is 6.85. The van der Waals surface area contributed by atoms with Crippen LogP contribution in [0.2, 0.25) is 0 Å². The number of hydrogen-bond acceptors (Lipinski definition) is 3. The third-order valence-electron chi connectivity index (χ3n) is 4.96. The summed E-state index contributed by atoms with van der Waals surface area (Å²) in [6, 6.07) is 6.00. The van der Waals surface area contributed by atoms with Gasteiger partial charge in [-0.05, 0) is 49.0 Å². The van der Waals surface area contributed by atoms with Crippen LogP contribution in [0.1, 0.15) is 45.6 Å². The molecule has 0 saturated heterocycles. The van der Waals surface area contributed by atoms with E-state index in [-0.39, 0.29) is 17.8 Å². The minimum absolute atomic E-state index is 0.125. The molecule has 25 heavy (non-hydrogen) atoms. The van der Waals surface area contributed by atoms with Gasteiger partial charge in [-0.1, -0.05) is 38.8 Å². The van der Waals surface area contributed by atoms with Gasteiger partial charge in [0.1, 0.15) is 5.82 Å². The molecule has 0 bridgehead atoms. The fourth-order valence-corrected chi connectivity index (χ4v) is 3.13. The van der Waals surface area contributed by atoms with Crippen LogP contribution in [0, 0.1) is 17.7 Å². The van der Waals surface area contributed by atoms with E-state index in [1.165, 1.54) is 30.7 Å². The average Bonchev–Trinajstić information content (AvgIpc) is 2.57. The molecule has 1 amide bonds. The highest BCUT2D eigenvalue weighted by molar-refractivity contribution is 5.90. The molecule has 0 radical (unpaired) electrons. The van der Waals surface area contributed by atoms with Gasteiger partial charge in [0.05, 0.1) is 0 Å². The predicted molar refractivity (Wildman–Crippen MR) is 95.1 cm³/mol. The first kappa shape index (κ1) is 19.2. The number of benzene rings is 1. The summed E-state index contributed by atoms with van der Waals surface area (Å²) in [6.07, 6.45) is 5.03. The number of rotatable bonds is 5. The van der Waals surface area contributed by atoms with Crippen LogP contribution >= 0.6 is 0 Å². The zero-order valence-corrected chi connectivity index (χ0v) is 15.0. The van der Waals surface area contributed by atoms with E-state index in [1.807, 2.05) is 0 Å². The highest BCUT2D eigenvalue weighted by atomic mass is 19.1. The maximum atomic E-state index is 13.1. The van der Waals surface area contributed by atoms with E-state index in [2.05, 4.69) is 19.2 Å². The second kappa shape index (κ2) is 8.79. The van der Waals surface area contributed by atoms with Gasteiger partial charge in [0.2, 0.25) is 0 Å². The quantitative estimate of drug-likeness (QED) is 0.652.